The van der Waals surface area contributed by atoms with Gasteiger partial charge in [0.2, 0.25) is 0 Å². The van der Waals surface area contributed by atoms with Gasteiger partial charge in [-0.1, -0.05) is 0 Å². The van der Waals surface area contributed by atoms with E-state index in [1.165, 1.54) is 0 Å². The molecule has 5 heteroatoms. The van der Waals surface area contributed by atoms with Crippen molar-refractivity contribution in [2.24, 2.45) is 7.05 Å². The molecule has 1 aliphatic rings. The maximum atomic E-state index is 9.91. The van der Waals surface area contributed by atoms with Crippen LogP contribution in [0.4, 0.5) is 0 Å². The molecule has 0 bridgehead atoms. The highest BCUT2D eigenvalue weighted by Gasteiger charge is 2.39. The Hall–Kier alpha value is -0.390. The first-order chi connectivity index (χ1) is 5.62. The minimum atomic E-state index is -0.763. The van der Waals surface area contributed by atoms with Crippen molar-refractivity contribution in [3.05, 3.63) is 16.6 Å². The highest BCUT2D eigenvalue weighted by Crippen LogP contribution is 2.25. The molecule has 0 radical (unpaired) electrons. The predicted molar refractivity (Wildman–Crippen MR) is 47.7 cm³/mol. The van der Waals surface area contributed by atoms with Gasteiger partial charge in [0.05, 0.1) is 0 Å². The second kappa shape index (κ2) is 2.55. The SMILES string of the molecule is Cn1cc(Br)nc1C1(O)CNC1. The summed E-state index contributed by atoms with van der Waals surface area (Å²) >= 11 is 3.27. The molecule has 4 nitrogen and oxygen atoms in total. The van der Waals surface area contributed by atoms with Gasteiger partial charge >= 0.3 is 0 Å². The van der Waals surface area contributed by atoms with Crippen molar-refractivity contribution in [3.63, 3.8) is 0 Å². The van der Waals surface area contributed by atoms with Crippen LogP contribution in [0.1, 0.15) is 5.82 Å². The number of β-amino-alcohol motifs (C(OH)–C–C–N with tert-alkyl or cyclic N) is 1. The zero-order chi connectivity index (χ0) is 8.77. The lowest BCUT2D eigenvalue weighted by molar-refractivity contribution is -0.0250. The van der Waals surface area contributed by atoms with Crippen LogP contribution in [0, 0.1) is 0 Å². The maximum absolute atomic E-state index is 9.91. The predicted octanol–water partition coefficient (Wildman–Crippen LogP) is -0.0266. The topological polar surface area (TPSA) is 50.1 Å². The zero-order valence-corrected chi connectivity index (χ0v) is 8.30. The third-order valence-corrected chi connectivity index (χ3v) is 2.48. The van der Waals surface area contributed by atoms with Crippen LogP contribution in [0.5, 0.6) is 0 Å². The van der Waals surface area contributed by atoms with Crippen LogP contribution in [0.25, 0.3) is 0 Å². The Labute approximate surface area is 78.7 Å². The van der Waals surface area contributed by atoms with Crippen LogP contribution in [0.3, 0.4) is 0 Å². The van der Waals surface area contributed by atoms with Gasteiger partial charge < -0.3 is 15.0 Å². The fourth-order valence-corrected chi connectivity index (χ4v) is 1.86. The van der Waals surface area contributed by atoms with Crippen molar-refractivity contribution < 1.29 is 5.11 Å². The minimum Gasteiger partial charge on any atom is -0.379 e. The smallest absolute Gasteiger partial charge is 0.147 e. The summed E-state index contributed by atoms with van der Waals surface area (Å²) in [6, 6.07) is 0. The number of hydrogen-bond donors (Lipinski definition) is 2. The molecular weight excluding hydrogens is 222 g/mol. The molecule has 0 unspecified atom stereocenters. The molecule has 12 heavy (non-hydrogen) atoms. The fraction of sp³-hybridized carbons (Fsp3) is 0.571. The first-order valence-electron chi connectivity index (χ1n) is 3.74. The van der Waals surface area contributed by atoms with Gasteiger partial charge in [-0.25, -0.2) is 4.98 Å². The van der Waals surface area contributed by atoms with Crippen LogP contribution in [0.15, 0.2) is 10.8 Å². The second-order valence-electron chi connectivity index (χ2n) is 3.13. The Morgan fingerprint density at radius 2 is 2.42 bits per heavy atom. The molecule has 1 aromatic rings. The van der Waals surface area contributed by atoms with Crippen LogP contribution < -0.4 is 5.32 Å². The van der Waals surface area contributed by atoms with E-state index in [1.54, 1.807) is 0 Å². The lowest BCUT2D eigenvalue weighted by atomic mass is 9.96. The molecule has 2 heterocycles. The van der Waals surface area contributed by atoms with Crippen LogP contribution in [-0.2, 0) is 12.6 Å². The summed E-state index contributed by atoms with van der Waals surface area (Å²) in [7, 11) is 1.88. The Kier molecular flexibility index (Phi) is 1.75. The molecule has 0 spiro atoms. The Bertz CT molecular complexity index is 306. The lowest BCUT2D eigenvalue weighted by Gasteiger charge is -2.36. The van der Waals surface area contributed by atoms with E-state index in [9.17, 15) is 5.11 Å². The van der Waals surface area contributed by atoms with Gasteiger partial charge in [-0.2, -0.15) is 0 Å². The number of rotatable bonds is 1. The molecule has 0 aliphatic carbocycles. The molecule has 1 fully saturated rings. The van der Waals surface area contributed by atoms with Crippen molar-refractivity contribution in [2.45, 2.75) is 5.60 Å². The normalized spacial score (nSPS) is 20.6. The highest BCUT2D eigenvalue weighted by atomic mass is 79.9. The summed E-state index contributed by atoms with van der Waals surface area (Å²) in [5.74, 6) is 0.716. The molecule has 1 saturated heterocycles. The van der Waals surface area contributed by atoms with Gasteiger partial charge in [0.25, 0.3) is 0 Å². The standard InChI is InChI=1S/C7H10BrN3O/c1-11-2-5(8)10-6(11)7(12)3-9-4-7/h2,9,12H,3-4H2,1H3. The molecule has 0 saturated carbocycles. The number of aliphatic hydroxyl groups is 1. The largest absolute Gasteiger partial charge is 0.379 e. The molecule has 66 valence electrons. The van der Waals surface area contributed by atoms with Gasteiger partial charge in [-0.15, -0.1) is 0 Å². The number of aromatic nitrogens is 2. The molecule has 0 aromatic carbocycles. The van der Waals surface area contributed by atoms with Crippen LogP contribution >= 0.6 is 15.9 Å². The first kappa shape index (κ1) is 8.22. The highest BCUT2D eigenvalue weighted by molar-refractivity contribution is 9.10. The molecule has 2 rings (SSSR count). The average molecular weight is 232 g/mol. The van der Waals surface area contributed by atoms with E-state index in [0.717, 1.165) is 4.60 Å². The summed E-state index contributed by atoms with van der Waals surface area (Å²) in [6.07, 6.45) is 1.84. The molecule has 2 N–H and O–H groups in total. The summed E-state index contributed by atoms with van der Waals surface area (Å²) in [4.78, 5) is 4.19. The number of hydrogen-bond acceptors (Lipinski definition) is 3. The van der Waals surface area contributed by atoms with Crippen molar-refractivity contribution in [1.29, 1.82) is 0 Å². The quantitative estimate of drug-likeness (QED) is 0.715. The third-order valence-electron chi connectivity index (χ3n) is 2.10. The van der Waals surface area contributed by atoms with E-state index in [0.29, 0.717) is 18.9 Å². The monoisotopic (exact) mass is 231 g/mol. The van der Waals surface area contributed by atoms with Crippen molar-refractivity contribution >= 4 is 15.9 Å². The molecular formula is C7H10BrN3O. The molecule has 0 atom stereocenters. The van der Waals surface area contributed by atoms with Crippen molar-refractivity contribution in [1.82, 2.24) is 14.9 Å². The number of aryl methyl sites for hydroxylation is 1. The summed E-state index contributed by atoms with van der Waals surface area (Å²) in [5, 5.41) is 12.9. The first-order valence-corrected chi connectivity index (χ1v) is 4.53. The summed E-state index contributed by atoms with van der Waals surface area (Å²) in [6.45, 7) is 1.18. The Morgan fingerprint density at radius 3 is 2.75 bits per heavy atom. The third kappa shape index (κ3) is 1.09. The minimum absolute atomic E-state index is 0.588. The molecule has 0 amide bonds. The zero-order valence-electron chi connectivity index (χ0n) is 6.71. The van der Waals surface area contributed by atoms with E-state index in [1.807, 2.05) is 17.8 Å². The molecule has 1 aliphatic heterocycles. The number of nitrogens with one attached hydrogen (secondary N) is 1. The molecule has 1 aromatic heterocycles. The van der Waals surface area contributed by atoms with Gasteiger partial charge in [0.1, 0.15) is 16.0 Å². The van der Waals surface area contributed by atoms with E-state index in [4.69, 9.17) is 0 Å². The summed E-state index contributed by atoms with van der Waals surface area (Å²) < 4.78 is 2.60. The Balaban J connectivity index is 2.38. The van der Waals surface area contributed by atoms with Crippen molar-refractivity contribution in [3.8, 4) is 0 Å². The number of halogens is 1. The van der Waals surface area contributed by atoms with Gasteiger partial charge in [0, 0.05) is 26.3 Å². The van der Waals surface area contributed by atoms with E-state index in [-0.39, 0.29) is 0 Å². The number of nitrogens with zero attached hydrogens (tertiary/aromatic N) is 2. The van der Waals surface area contributed by atoms with E-state index < -0.39 is 5.60 Å². The van der Waals surface area contributed by atoms with E-state index in [2.05, 4.69) is 26.2 Å². The lowest BCUT2D eigenvalue weighted by Crippen LogP contribution is -2.57. The van der Waals surface area contributed by atoms with Crippen LogP contribution in [0.2, 0.25) is 0 Å². The average Bonchev–Trinajstić information content (AvgIpc) is 2.25. The maximum Gasteiger partial charge on any atom is 0.147 e. The van der Waals surface area contributed by atoms with Crippen molar-refractivity contribution in [2.75, 3.05) is 13.1 Å². The van der Waals surface area contributed by atoms with Gasteiger partial charge in [0.15, 0.2) is 0 Å². The fourth-order valence-electron chi connectivity index (χ4n) is 1.38. The van der Waals surface area contributed by atoms with Gasteiger partial charge in [-0.3, -0.25) is 0 Å². The second-order valence-corrected chi connectivity index (χ2v) is 3.95. The summed E-state index contributed by atoms with van der Waals surface area (Å²) in [5.41, 5.74) is -0.763. The van der Waals surface area contributed by atoms with Gasteiger partial charge in [-0.05, 0) is 15.9 Å². The number of imidazole rings is 1. The van der Waals surface area contributed by atoms with E-state index >= 15 is 0 Å². The Morgan fingerprint density at radius 1 is 1.75 bits per heavy atom. The van der Waals surface area contributed by atoms with Crippen LogP contribution in [-0.4, -0.2) is 27.7 Å².